The Morgan fingerprint density at radius 3 is 2.21 bits per heavy atom. The number of amides is 3. The molecule has 43 heavy (non-hydrogen) atoms. The van der Waals surface area contributed by atoms with Crippen LogP contribution in [0.3, 0.4) is 0 Å². The van der Waals surface area contributed by atoms with Crippen molar-refractivity contribution in [2.24, 2.45) is 11.5 Å². The normalized spacial score (nSPS) is 14.7. The number of carboxylic acids is 1. The second-order valence-corrected chi connectivity index (χ2v) is 10.5. The number of nitrogens with two attached hydrogens (primary N) is 2. The lowest BCUT2D eigenvalue weighted by Gasteiger charge is -2.26. The van der Waals surface area contributed by atoms with Crippen molar-refractivity contribution in [2.75, 3.05) is 6.54 Å². The van der Waals surface area contributed by atoms with Gasteiger partial charge in [-0.1, -0.05) is 30.3 Å². The van der Waals surface area contributed by atoms with Crippen molar-refractivity contribution in [1.29, 1.82) is 0 Å². The van der Waals surface area contributed by atoms with Crippen LogP contribution in [-0.4, -0.2) is 80.8 Å². The minimum atomic E-state index is -1.50. The maximum absolute atomic E-state index is 13.3. The second kappa shape index (κ2) is 15.7. The average Bonchev–Trinajstić information content (AvgIpc) is 3.38. The molecule has 0 aliphatic heterocycles. The third-order valence-electron chi connectivity index (χ3n) is 7.08. The Morgan fingerprint density at radius 2 is 1.56 bits per heavy atom. The summed E-state index contributed by atoms with van der Waals surface area (Å²) >= 11 is 0. The molecule has 0 aliphatic carbocycles. The first-order valence-electron chi connectivity index (χ1n) is 14.1. The number of phenolic OH excluding ortho intramolecular Hbond substituents is 1. The van der Waals surface area contributed by atoms with E-state index < -0.39 is 54.0 Å². The molecule has 3 aromatic rings. The Morgan fingerprint density at radius 1 is 0.884 bits per heavy atom. The number of carboxylic acid groups (broad SMARTS) is 1. The Labute approximate surface area is 249 Å². The van der Waals surface area contributed by atoms with E-state index in [1.54, 1.807) is 18.3 Å². The van der Waals surface area contributed by atoms with E-state index in [1.165, 1.54) is 19.1 Å². The van der Waals surface area contributed by atoms with Crippen molar-refractivity contribution >= 4 is 34.6 Å². The number of carbonyl (C=O) groups is 4. The number of benzene rings is 2. The number of H-pyrrole nitrogens is 1. The molecule has 0 spiro atoms. The fraction of sp³-hybridized carbons (Fsp3) is 0.400. The quantitative estimate of drug-likeness (QED) is 0.101. The maximum atomic E-state index is 13.3. The molecule has 232 valence electrons. The molecule has 1 heterocycles. The summed E-state index contributed by atoms with van der Waals surface area (Å²) in [6.45, 7) is 1.66. The number of unbranched alkanes of at least 4 members (excludes halogenated alkanes) is 1. The van der Waals surface area contributed by atoms with Gasteiger partial charge in [0.2, 0.25) is 17.7 Å². The molecule has 11 N–H and O–H groups in total. The van der Waals surface area contributed by atoms with Crippen LogP contribution in [0.25, 0.3) is 10.9 Å². The first-order valence-corrected chi connectivity index (χ1v) is 14.1. The van der Waals surface area contributed by atoms with Gasteiger partial charge in [0.1, 0.15) is 23.9 Å². The largest absolute Gasteiger partial charge is 0.508 e. The van der Waals surface area contributed by atoms with Gasteiger partial charge < -0.3 is 47.7 Å². The zero-order chi connectivity index (χ0) is 31.5. The van der Waals surface area contributed by atoms with Gasteiger partial charge in [0.05, 0.1) is 12.1 Å². The third-order valence-corrected chi connectivity index (χ3v) is 7.08. The van der Waals surface area contributed by atoms with Gasteiger partial charge in [0.15, 0.2) is 0 Å². The van der Waals surface area contributed by atoms with E-state index in [4.69, 9.17) is 11.5 Å². The van der Waals surface area contributed by atoms with Crippen LogP contribution in [0, 0.1) is 0 Å². The summed E-state index contributed by atoms with van der Waals surface area (Å²) in [6, 6.07) is 8.57. The van der Waals surface area contributed by atoms with Crippen LogP contribution in [0.5, 0.6) is 5.75 Å². The number of rotatable bonds is 16. The number of aliphatic carboxylic acids is 1. The molecule has 3 amide bonds. The van der Waals surface area contributed by atoms with Gasteiger partial charge in [0, 0.05) is 23.5 Å². The predicted molar refractivity (Wildman–Crippen MR) is 160 cm³/mol. The molecule has 5 atom stereocenters. The number of aromatic hydroxyl groups is 1. The highest BCUT2D eigenvalue weighted by molar-refractivity contribution is 5.94. The lowest BCUT2D eigenvalue weighted by Crippen LogP contribution is -2.60. The zero-order valence-corrected chi connectivity index (χ0v) is 24.0. The highest BCUT2D eigenvalue weighted by Gasteiger charge is 2.33. The fourth-order valence-corrected chi connectivity index (χ4v) is 4.66. The molecule has 2 aromatic carbocycles. The van der Waals surface area contributed by atoms with E-state index in [-0.39, 0.29) is 25.0 Å². The SMILES string of the molecule is CC(O)C(NC(=O)C(CCCCN)NC(=O)C(N)Cc1ccc(O)cc1)C(=O)NC(Cc1c[nH]c2ccccc12)C(=O)O. The van der Waals surface area contributed by atoms with Crippen LogP contribution < -0.4 is 27.4 Å². The highest BCUT2D eigenvalue weighted by Crippen LogP contribution is 2.19. The van der Waals surface area contributed by atoms with Gasteiger partial charge in [-0.2, -0.15) is 0 Å². The third kappa shape index (κ3) is 9.53. The first kappa shape index (κ1) is 33.0. The molecule has 13 nitrogen and oxygen atoms in total. The number of para-hydroxylation sites is 1. The number of fused-ring (bicyclic) bond motifs is 1. The number of carbonyl (C=O) groups excluding carboxylic acids is 3. The number of hydrogen-bond acceptors (Lipinski definition) is 8. The number of aromatic nitrogens is 1. The van der Waals surface area contributed by atoms with Crippen LogP contribution in [-0.2, 0) is 32.0 Å². The molecule has 0 bridgehead atoms. The van der Waals surface area contributed by atoms with Crippen LogP contribution in [0.2, 0.25) is 0 Å². The predicted octanol–water partition coefficient (Wildman–Crippen LogP) is 0.0348. The Bertz CT molecular complexity index is 1390. The summed E-state index contributed by atoms with van der Waals surface area (Å²) in [4.78, 5) is 54.5. The number of hydrogen-bond donors (Lipinski definition) is 9. The molecule has 0 saturated heterocycles. The monoisotopic (exact) mass is 596 g/mol. The highest BCUT2D eigenvalue weighted by atomic mass is 16.4. The first-order chi connectivity index (χ1) is 20.5. The van der Waals surface area contributed by atoms with Crippen LogP contribution >= 0.6 is 0 Å². The van der Waals surface area contributed by atoms with Crippen molar-refractivity contribution in [1.82, 2.24) is 20.9 Å². The second-order valence-electron chi connectivity index (χ2n) is 10.5. The Hall–Kier alpha value is -4.46. The van der Waals surface area contributed by atoms with Gasteiger partial charge in [0.25, 0.3) is 0 Å². The van der Waals surface area contributed by atoms with Gasteiger partial charge >= 0.3 is 5.97 Å². The molecule has 3 rings (SSSR count). The van der Waals surface area contributed by atoms with Crippen molar-refractivity contribution in [3.8, 4) is 5.75 Å². The molecule has 0 fully saturated rings. The van der Waals surface area contributed by atoms with Crippen molar-refractivity contribution in [3.63, 3.8) is 0 Å². The van der Waals surface area contributed by atoms with Gasteiger partial charge in [-0.15, -0.1) is 0 Å². The molecule has 0 aliphatic rings. The van der Waals surface area contributed by atoms with E-state index in [0.717, 1.165) is 10.9 Å². The van der Waals surface area contributed by atoms with Crippen LogP contribution in [0.4, 0.5) is 0 Å². The number of nitrogens with one attached hydrogen (secondary N) is 4. The van der Waals surface area contributed by atoms with Crippen molar-refractivity contribution in [3.05, 3.63) is 65.9 Å². The van der Waals surface area contributed by atoms with E-state index in [9.17, 15) is 34.5 Å². The Kier molecular flexibility index (Phi) is 12.0. The number of aliphatic hydroxyl groups excluding tert-OH is 1. The Balaban J connectivity index is 1.69. The summed E-state index contributed by atoms with van der Waals surface area (Å²) in [7, 11) is 0. The summed E-state index contributed by atoms with van der Waals surface area (Å²) in [5.41, 5.74) is 13.8. The smallest absolute Gasteiger partial charge is 0.326 e. The van der Waals surface area contributed by atoms with Gasteiger partial charge in [-0.3, -0.25) is 14.4 Å². The van der Waals surface area contributed by atoms with E-state index in [2.05, 4.69) is 20.9 Å². The summed E-state index contributed by atoms with van der Waals surface area (Å²) < 4.78 is 0. The van der Waals surface area contributed by atoms with Gasteiger partial charge in [-0.05, 0) is 68.5 Å². The van der Waals surface area contributed by atoms with Gasteiger partial charge in [-0.25, -0.2) is 4.79 Å². The number of phenols is 1. The van der Waals surface area contributed by atoms with E-state index in [0.29, 0.717) is 30.5 Å². The number of aromatic amines is 1. The van der Waals surface area contributed by atoms with E-state index >= 15 is 0 Å². The molecule has 0 saturated carbocycles. The number of aliphatic hydroxyl groups is 1. The minimum Gasteiger partial charge on any atom is -0.508 e. The van der Waals surface area contributed by atoms with Crippen LogP contribution in [0.15, 0.2) is 54.7 Å². The van der Waals surface area contributed by atoms with Crippen molar-refractivity contribution < 1.29 is 34.5 Å². The topological polar surface area (TPSA) is 233 Å². The molecular weight excluding hydrogens is 556 g/mol. The summed E-state index contributed by atoms with van der Waals surface area (Å²) in [6.07, 6.45) is 1.64. The average molecular weight is 597 g/mol. The molecule has 5 unspecified atom stereocenters. The lowest BCUT2D eigenvalue weighted by molar-refractivity contribution is -0.143. The summed E-state index contributed by atoms with van der Waals surface area (Å²) in [5.74, 6) is -3.46. The molecular formula is C30H40N6O7. The van der Waals surface area contributed by atoms with Crippen molar-refractivity contribution in [2.45, 2.75) is 69.3 Å². The lowest BCUT2D eigenvalue weighted by atomic mass is 10.0. The fourth-order valence-electron chi connectivity index (χ4n) is 4.66. The standard InChI is InChI=1S/C30H40N6O7/c1-17(37)26(29(41)35-25(30(42)43)15-19-16-33-23-7-3-2-6-21(19)23)36-28(40)24(8-4-5-13-31)34-27(39)22(32)14-18-9-11-20(38)12-10-18/h2-3,6-7,9-12,16-17,22,24-26,33,37-38H,4-5,8,13-15,31-32H2,1H3,(H,34,39)(H,35,41)(H,36,40)(H,42,43). The zero-order valence-electron chi connectivity index (χ0n) is 24.0. The van der Waals surface area contributed by atoms with E-state index in [1.807, 2.05) is 24.3 Å². The maximum Gasteiger partial charge on any atom is 0.326 e. The molecule has 0 radical (unpaired) electrons. The minimum absolute atomic E-state index is 0.0394. The molecule has 1 aromatic heterocycles. The molecule has 13 heteroatoms. The summed E-state index contributed by atoms with van der Waals surface area (Å²) in [5, 5.41) is 37.9. The van der Waals surface area contributed by atoms with Crippen LogP contribution in [0.1, 0.15) is 37.3 Å².